The molecule has 0 amide bonds. The molecule has 0 unspecified atom stereocenters. The van der Waals surface area contributed by atoms with Gasteiger partial charge in [0.2, 0.25) is 0 Å². The standard InChI is InChI=1S/2C58H36N2O/c1-2-11-41(12-3-1)54-36-55(42-29-23-38(24-30-42)37-21-27-40(28-22-37)45-18-10-19-52-51-17-8-9-20-56(51)61-57(45)52)60-58(59-54)43-31-25-39(26-32-43)44-33-34-50-48-15-5-4-13-46(48)47-14-6-7-16-49(47)53(50)35-44;1-2-10-41(11-3-1)54-36-55(42-26-22-38(23-27-42)37-18-20-40(21-19-37)45-31-33-52-51-16-8-9-17-56(51)61-57(52)35-45)60-58(59-54)43-28-24-39(25-29-43)44-30-32-50-48-14-5-4-12-46(48)47-13-6-7-15-49(47)53(50)34-44/h2*1-36H. The minimum absolute atomic E-state index is 0.693. The van der Waals surface area contributed by atoms with Gasteiger partial charge in [-0.15, -0.1) is 0 Å². The Morgan fingerprint density at radius 2 is 0.377 bits per heavy atom. The van der Waals surface area contributed by atoms with Crippen molar-refractivity contribution in [3.8, 4) is 135 Å². The number of fused-ring (bicyclic) bond motifs is 18. The first-order valence-electron chi connectivity index (χ1n) is 41.4. The molecule has 4 heterocycles. The number of furan rings is 2. The molecule has 0 aliphatic heterocycles. The lowest BCUT2D eigenvalue weighted by molar-refractivity contribution is 0.669. The van der Waals surface area contributed by atoms with Gasteiger partial charge in [-0.05, 0) is 174 Å². The first-order chi connectivity index (χ1) is 60.4. The third-order valence-electron chi connectivity index (χ3n) is 24.3. The number of rotatable bonds is 12. The highest BCUT2D eigenvalue weighted by Crippen LogP contribution is 2.44. The largest absolute Gasteiger partial charge is 0.456 e. The fourth-order valence-corrected chi connectivity index (χ4v) is 18.0. The molecule has 0 aliphatic carbocycles. The van der Waals surface area contributed by atoms with Crippen LogP contribution in [0.3, 0.4) is 0 Å². The molecule has 0 saturated heterocycles. The first-order valence-corrected chi connectivity index (χ1v) is 41.4. The molecule has 122 heavy (non-hydrogen) atoms. The predicted octanol–water partition coefficient (Wildman–Crippen LogP) is 31.7. The van der Waals surface area contributed by atoms with E-state index in [4.69, 9.17) is 28.8 Å². The molecule has 24 rings (SSSR count). The van der Waals surface area contributed by atoms with Crippen molar-refractivity contribution in [2.45, 2.75) is 0 Å². The van der Waals surface area contributed by atoms with E-state index in [1.54, 1.807) is 0 Å². The van der Waals surface area contributed by atoms with E-state index in [-0.39, 0.29) is 0 Å². The van der Waals surface area contributed by atoms with Gasteiger partial charge in [-0.3, -0.25) is 0 Å². The van der Waals surface area contributed by atoms with E-state index < -0.39 is 0 Å². The van der Waals surface area contributed by atoms with Gasteiger partial charge < -0.3 is 8.83 Å². The number of para-hydroxylation sites is 3. The quantitative estimate of drug-likeness (QED) is 0.113. The van der Waals surface area contributed by atoms with E-state index in [9.17, 15) is 0 Å². The molecule has 0 atom stereocenters. The summed E-state index contributed by atoms with van der Waals surface area (Å²) in [6.07, 6.45) is 0. The smallest absolute Gasteiger partial charge is 0.160 e. The molecule has 20 aromatic carbocycles. The molecular formula is C116H72N4O2. The molecule has 0 spiro atoms. The Morgan fingerprint density at radius 1 is 0.131 bits per heavy atom. The van der Waals surface area contributed by atoms with Crippen LogP contribution < -0.4 is 0 Å². The monoisotopic (exact) mass is 1550 g/mol. The Kier molecular flexibility index (Phi) is 17.5. The van der Waals surface area contributed by atoms with Crippen LogP contribution in [-0.2, 0) is 0 Å². The van der Waals surface area contributed by atoms with Crippen molar-refractivity contribution in [1.82, 2.24) is 19.9 Å². The van der Waals surface area contributed by atoms with Gasteiger partial charge in [0.15, 0.2) is 11.6 Å². The van der Waals surface area contributed by atoms with Crippen molar-refractivity contribution in [3.05, 3.63) is 437 Å². The number of aromatic nitrogens is 4. The van der Waals surface area contributed by atoms with Gasteiger partial charge in [-0.25, -0.2) is 19.9 Å². The lowest BCUT2D eigenvalue weighted by atomic mass is 9.92. The molecule has 0 bridgehead atoms. The van der Waals surface area contributed by atoms with Crippen LogP contribution in [0.4, 0.5) is 0 Å². The van der Waals surface area contributed by atoms with Gasteiger partial charge in [0, 0.05) is 60.5 Å². The zero-order valence-electron chi connectivity index (χ0n) is 66.2. The zero-order chi connectivity index (χ0) is 80.6. The summed E-state index contributed by atoms with van der Waals surface area (Å²) in [5, 5.41) is 19.9. The van der Waals surface area contributed by atoms with Crippen LogP contribution in [0, 0.1) is 0 Å². The summed E-state index contributed by atoms with van der Waals surface area (Å²) in [6.45, 7) is 0. The van der Waals surface area contributed by atoms with E-state index in [1.807, 2.05) is 36.4 Å². The molecule has 568 valence electrons. The summed E-state index contributed by atoms with van der Waals surface area (Å²) in [5.41, 5.74) is 27.0. The summed E-state index contributed by atoms with van der Waals surface area (Å²) in [4.78, 5) is 20.6. The Hall–Kier alpha value is -16.3. The van der Waals surface area contributed by atoms with Crippen LogP contribution in [0.2, 0.25) is 0 Å². The first kappa shape index (κ1) is 71.1. The SMILES string of the molecule is c1ccc(-c2cc(-c3ccc(-c4ccc(-c5ccc6c(c5)oc5ccccc56)cc4)cc3)nc(-c3ccc(-c4ccc5c6ccccc6c6ccccc6c5c4)cc3)n2)cc1.c1ccc(-c2cc(-c3ccc(-c4ccc(-c5cccc6c5oc5ccccc56)cc4)cc3)nc(-c3ccc(-c4ccc5c6ccccc6c6ccccc6c5c4)cc3)n2)cc1. The zero-order valence-corrected chi connectivity index (χ0v) is 66.2. The maximum atomic E-state index is 6.33. The highest BCUT2D eigenvalue weighted by atomic mass is 16.3. The van der Waals surface area contributed by atoms with Crippen LogP contribution in [0.1, 0.15) is 0 Å². The van der Waals surface area contributed by atoms with E-state index in [0.29, 0.717) is 11.6 Å². The number of benzene rings is 20. The van der Waals surface area contributed by atoms with Crippen molar-refractivity contribution < 1.29 is 8.83 Å². The number of nitrogens with zero attached hydrogens (tertiary/aromatic N) is 4. The summed E-state index contributed by atoms with van der Waals surface area (Å²) in [7, 11) is 0. The molecule has 0 saturated carbocycles. The molecule has 24 aromatic rings. The number of hydrogen-bond acceptors (Lipinski definition) is 6. The van der Waals surface area contributed by atoms with Gasteiger partial charge in [0.25, 0.3) is 0 Å². The van der Waals surface area contributed by atoms with Gasteiger partial charge in [0.1, 0.15) is 22.3 Å². The number of hydrogen-bond donors (Lipinski definition) is 0. The summed E-state index contributed by atoms with van der Waals surface area (Å²) in [5.74, 6) is 1.39. The Bertz CT molecular complexity index is 8110. The van der Waals surface area contributed by atoms with E-state index >= 15 is 0 Å². The van der Waals surface area contributed by atoms with Crippen molar-refractivity contribution in [1.29, 1.82) is 0 Å². The molecule has 0 fully saturated rings. The minimum atomic E-state index is 0.693. The normalized spacial score (nSPS) is 11.6. The van der Waals surface area contributed by atoms with E-state index in [2.05, 4.69) is 400 Å². The molecule has 0 aliphatic rings. The molecule has 6 heteroatoms. The highest BCUT2D eigenvalue weighted by molar-refractivity contribution is 6.27. The fraction of sp³-hybridized carbons (Fsp3) is 0. The van der Waals surface area contributed by atoms with Crippen molar-refractivity contribution in [2.24, 2.45) is 0 Å². The van der Waals surface area contributed by atoms with Gasteiger partial charge in [-0.1, -0.05) is 388 Å². The third kappa shape index (κ3) is 12.9. The third-order valence-corrected chi connectivity index (χ3v) is 24.3. The second-order valence-corrected chi connectivity index (χ2v) is 31.4. The minimum Gasteiger partial charge on any atom is -0.456 e. The summed E-state index contributed by atoms with van der Waals surface area (Å²) >= 11 is 0. The molecule has 0 radical (unpaired) electrons. The predicted molar refractivity (Wildman–Crippen MR) is 509 cm³/mol. The van der Waals surface area contributed by atoms with Crippen molar-refractivity contribution >= 4 is 109 Å². The average molecular weight is 1550 g/mol. The topological polar surface area (TPSA) is 77.8 Å². The Morgan fingerprint density at radius 3 is 0.762 bits per heavy atom. The molecular weight excluding hydrogens is 1480 g/mol. The van der Waals surface area contributed by atoms with Crippen LogP contribution >= 0.6 is 0 Å². The second kappa shape index (κ2) is 30.0. The van der Waals surface area contributed by atoms with Crippen LogP contribution in [-0.4, -0.2) is 19.9 Å². The molecule has 6 nitrogen and oxygen atoms in total. The van der Waals surface area contributed by atoms with Gasteiger partial charge >= 0.3 is 0 Å². The fourth-order valence-electron chi connectivity index (χ4n) is 18.0. The van der Waals surface area contributed by atoms with Gasteiger partial charge in [0.05, 0.1) is 22.8 Å². The van der Waals surface area contributed by atoms with Crippen LogP contribution in [0.15, 0.2) is 446 Å². The average Bonchev–Trinajstić information content (AvgIpc) is 1.00. The second-order valence-electron chi connectivity index (χ2n) is 31.4. The Labute approximate surface area is 703 Å². The van der Waals surface area contributed by atoms with Crippen molar-refractivity contribution in [3.63, 3.8) is 0 Å². The van der Waals surface area contributed by atoms with Crippen LogP contribution in [0.25, 0.3) is 243 Å². The van der Waals surface area contributed by atoms with Crippen LogP contribution in [0.5, 0.6) is 0 Å². The lowest BCUT2D eigenvalue weighted by Crippen LogP contribution is -1.96. The van der Waals surface area contributed by atoms with E-state index in [0.717, 1.165) is 156 Å². The maximum absolute atomic E-state index is 6.33. The summed E-state index contributed by atoms with van der Waals surface area (Å²) < 4.78 is 12.5. The summed E-state index contributed by atoms with van der Waals surface area (Å²) in [6, 6.07) is 155. The lowest BCUT2D eigenvalue weighted by Gasteiger charge is -2.13. The van der Waals surface area contributed by atoms with Crippen molar-refractivity contribution in [2.75, 3.05) is 0 Å². The maximum Gasteiger partial charge on any atom is 0.160 e. The molecule has 4 aromatic heterocycles. The highest BCUT2D eigenvalue weighted by Gasteiger charge is 2.20. The van der Waals surface area contributed by atoms with E-state index in [1.165, 1.54) is 75.8 Å². The molecule has 0 N–H and O–H groups in total. The Balaban J connectivity index is 0.000000142. The van der Waals surface area contributed by atoms with Gasteiger partial charge in [-0.2, -0.15) is 0 Å².